The van der Waals surface area contributed by atoms with Gasteiger partial charge in [-0.25, -0.2) is 0 Å². The van der Waals surface area contributed by atoms with Gasteiger partial charge in [-0.1, -0.05) is 62.7 Å². The molecule has 0 radical (unpaired) electrons. The summed E-state index contributed by atoms with van der Waals surface area (Å²) in [5.74, 6) is -0.163. The van der Waals surface area contributed by atoms with Gasteiger partial charge in [0.1, 0.15) is 0 Å². The van der Waals surface area contributed by atoms with Crippen LogP contribution in [0.15, 0.2) is 42.5 Å². The standard InChI is InChI=1S/C25H32N2O3.C6H9NO2/c1-3-5-23-15-21(8-9-24(23)19(2)28)17-26-25(29)16-20-6-4-7-22(14-20)18-27-10-12-30-13-11-27;1-4-2-3-5(8)7-6(4)9/h4,6-9,14-15H,3,5,10-13,16-18H2,1-2H3,(H,26,29);4H,2-3H2,1H3,(H,7,8,9). The molecule has 8 nitrogen and oxygen atoms in total. The summed E-state index contributed by atoms with van der Waals surface area (Å²) in [5.41, 5.74) is 5.12. The summed E-state index contributed by atoms with van der Waals surface area (Å²) in [6, 6.07) is 14.1. The lowest BCUT2D eigenvalue weighted by Gasteiger charge is -2.26. The van der Waals surface area contributed by atoms with Crippen LogP contribution in [0, 0.1) is 5.92 Å². The van der Waals surface area contributed by atoms with Crippen molar-refractivity contribution in [3.05, 3.63) is 70.3 Å². The lowest BCUT2D eigenvalue weighted by Crippen LogP contribution is -2.39. The van der Waals surface area contributed by atoms with E-state index >= 15 is 0 Å². The van der Waals surface area contributed by atoms with Crippen LogP contribution in [-0.2, 0) is 45.1 Å². The molecule has 1 atom stereocenters. The summed E-state index contributed by atoms with van der Waals surface area (Å²) < 4.78 is 5.40. The first-order valence-corrected chi connectivity index (χ1v) is 13.9. The van der Waals surface area contributed by atoms with Gasteiger partial charge >= 0.3 is 0 Å². The van der Waals surface area contributed by atoms with Crippen molar-refractivity contribution >= 4 is 23.5 Å². The maximum absolute atomic E-state index is 12.5. The molecule has 1 unspecified atom stereocenters. The fourth-order valence-corrected chi connectivity index (χ4v) is 4.68. The second-order valence-electron chi connectivity index (χ2n) is 10.3. The van der Waals surface area contributed by atoms with E-state index in [1.807, 2.05) is 37.3 Å². The average Bonchev–Trinajstić information content (AvgIpc) is 2.91. The Hall–Kier alpha value is -3.36. The maximum atomic E-state index is 12.5. The summed E-state index contributed by atoms with van der Waals surface area (Å²) in [6.45, 7) is 10.4. The number of carbonyl (C=O) groups is 4. The third-order valence-corrected chi connectivity index (χ3v) is 6.94. The Morgan fingerprint density at radius 2 is 1.79 bits per heavy atom. The van der Waals surface area contributed by atoms with Crippen LogP contribution in [0.25, 0.3) is 0 Å². The van der Waals surface area contributed by atoms with Gasteiger partial charge < -0.3 is 10.1 Å². The van der Waals surface area contributed by atoms with Gasteiger partial charge in [-0.05, 0) is 42.0 Å². The zero-order valence-electron chi connectivity index (χ0n) is 23.4. The molecule has 0 saturated carbocycles. The predicted molar refractivity (Wildman–Crippen MR) is 150 cm³/mol. The lowest BCUT2D eigenvalue weighted by molar-refractivity contribution is -0.135. The normalized spacial score (nSPS) is 17.6. The zero-order valence-corrected chi connectivity index (χ0v) is 23.4. The highest BCUT2D eigenvalue weighted by molar-refractivity contribution is 5.98. The van der Waals surface area contributed by atoms with Gasteiger partial charge in [0.2, 0.25) is 17.7 Å². The van der Waals surface area contributed by atoms with Gasteiger partial charge in [0, 0.05) is 44.1 Å². The van der Waals surface area contributed by atoms with Crippen LogP contribution < -0.4 is 10.6 Å². The van der Waals surface area contributed by atoms with Crippen molar-refractivity contribution in [2.24, 2.45) is 5.92 Å². The van der Waals surface area contributed by atoms with Crippen LogP contribution in [-0.4, -0.2) is 54.7 Å². The Bertz CT molecular complexity index is 1160. The minimum absolute atomic E-state index is 0.00575. The van der Waals surface area contributed by atoms with Crippen LogP contribution in [0.2, 0.25) is 0 Å². The number of hydrogen-bond donors (Lipinski definition) is 2. The zero-order chi connectivity index (χ0) is 28.2. The Morgan fingerprint density at radius 1 is 1.05 bits per heavy atom. The van der Waals surface area contributed by atoms with Gasteiger partial charge in [-0.2, -0.15) is 0 Å². The molecule has 0 bridgehead atoms. The molecule has 0 aliphatic carbocycles. The molecule has 0 spiro atoms. The number of benzene rings is 2. The van der Waals surface area contributed by atoms with Gasteiger partial charge in [0.05, 0.1) is 19.6 Å². The Morgan fingerprint density at radius 3 is 2.46 bits per heavy atom. The molecule has 0 aromatic heterocycles. The number of piperidine rings is 1. The SMILES string of the molecule is CC1CCC(=O)NC1=O.CCCc1cc(CNC(=O)Cc2cccc(CN3CCOCC3)c2)ccc1C(C)=O. The quantitative estimate of drug-likeness (QED) is 0.376. The highest BCUT2D eigenvalue weighted by Gasteiger charge is 2.21. The van der Waals surface area contributed by atoms with Crippen molar-refractivity contribution in [1.29, 1.82) is 0 Å². The molecule has 4 rings (SSSR count). The Kier molecular flexibility index (Phi) is 11.8. The number of nitrogens with one attached hydrogen (secondary N) is 2. The fourth-order valence-electron chi connectivity index (χ4n) is 4.68. The van der Waals surface area contributed by atoms with E-state index < -0.39 is 0 Å². The number of amides is 3. The smallest absolute Gasteiger partial charge is 0.229 e. The van der Waals surface area contributed by atoms with E-state index in [1.54, 1.807) is 6.92 Å². The van der Waals surface area contributed by atoms with Crippen LogP contribution in [0.5, 0.6) is 0 Å². The van der Waals surface area contributed by atoms with E-state index in [4.69, 9.17) is 4.74 Å². The van der Waals surface area contributed by atoms with Gasteiger partial charge in [0.25, 0.3) is 0 Å². The van der Waals surface area contributed by atoms with E-state index in [0.29, 0.717) is 25.8 Å². The van der Waals surface area contributed by atoms with Crippen molar-refractivity contribution in [2.45, 2.75) is 66.0 Å². The number of ether oxygens (including phenoxy) is 1. The number of rotatable bonds is 9. The first-order valence-electron chi connectivity index (χ1n) is 13.9. The minimum Gasteiger partial charge on any atom is -0.379 e. The maximum Gasteiger partial charge on any atom is 0.229 e. The molecule has 2 aromatic carbocycles. The van der Waals surface area contributed by atoms with Gasteiger partial charge in [-0.15, -0.1) is 0 Å². The van der Waals surface area contributed by atoms with E-state index in [-0.39, 0.29) is 29.4 Å². The molecule has 210 valence electrons. The summed E-state index contributed by atoms with van der Waals surface area (Å²) in [6.07, 6.45) is 3.41. The number of nitrogens with zero attached hydrogens (tertiary/aromatic N) is 1. The molecule has 39 heavy (non-hydrogen) atoms. The number of carbonyl (C=O) groups excluding carboxylic acids is 4. The number of morpholine rings is 1. The molecule has 2 heterocycles. The van der Waals surface area contributed by atoms with Crippen LogP contribution in [0.4, 0.5) is 0 Å². The van der Waals surface area contributed by atoms with E-state index in [1.165, 1.54) is 5.56 Å². The van der Waals surface area contributed by atoms with E-state index in [2.05, 4.69) is 34.6 Å². The van der Waals surface area contributed by atoms with Crippen LogP contribution in [0.1, 0.15) is 72.6 Å². The average molecular weight is 536 g/mol. The third kappa shape index (κ3) is 10.0. The summed E-state index contributed by atoms with van der Waals surface area (Å²) in [4.78, 5) is 47.8. The highest BCUT2D eigenvalue weighted by Crippen LogP contribution is 2.16. The summed E-state index contributed by atoms with van der Waals surface area (Å²) in [5, 5.41) is 5.27. The van der Waals surface area contributed by atoms with Crippen LogP contribution in [0.3, 0.4) is 0 Å². The third-order valence-electron chi connectivity index (χ3n) is 6.94. The molecule has 8 heteroatoms. The largest absolute Gasteiger partial charge is 0.379 e. The van der Waals surface area contributed by atoms with E-state index in [0.717, 1.165) is 67.9 Å². The topological polar surface area (TPSA) is 105 Å². The van der Waals surface area contributed by atoms with Crippen molar-refractivity contribution < 1.29 is 23.9 Å². The number of hydrogen-bond acceptors (Lipinski definition) is 6. The number of ketones is 1. The van der Waals surface area contributed by atoms with Gasteiger partial charge in [-0.3, -0.25) is 29.4 Å². The van der Waals surface area contributed by atoms with Crippen molar-refractivity contribution in [2.75, 3.05) is 26.3 Å². The first-order chi connectivity index (χ1) is 18.7. The van der Waals surface area contributed by atoms with Crippen LogP contribution >= 0.6 is 0 Å². The Balaban J connectivity index is 0.000000395. The number of aryl methyl sites for hydroxylation is 1. The lowest BCUT2D eigenvalue weighted by atomic mass is 9.98. The van der Waals surface area contributed by atoms with Crippen molar-refractivity contribution in [1.82, 2.24) is 15.5 Å². The first kappa shape index (κ1) is 30.2. The summed E-state index contributed by atoms with van der Waals surface area (Å²) >= 11 is 0. The Labute approximate surface area is 231 Å². The molecule has 2 N–H and O–H groups in total. The second-order valence-corrected chi connectivity index (χ2v) is 10.3. The fraction of sp³-hybridized carbons (Fsp3) is 0.484. The molecule has 2 aliphatic rings. The summed E-state index contributed by atoms with van der Waals surface area (Å²) in [7, 11) is 0. The molecule has 3 amide bonds. The predicted octanol–water partition coefficient (Wildman–Crippen LogP) is 3.59. The van der Waals surface area contributed by atoms with Crippen molar-refractivity contribution in [3.8, 4) is 0 Å². The minimum atomic E-state index is -0.141. The monoisotopic (exact) mass is 535 g/mol. The van der Waals surface area contributed by atoms with Crippen molar-refractivity contribution in [3.63, 3.8) is 0 Å². The molecule has 2 aromatic rings. The van der Waals surface area contributed by atoms with E-state index in [9.17, 15) is 19.2 Å². The second kappa shape index (κ2) is 15.3. The number of Topliss-reactive ketones (excluding diaryl/α,β-unsaturated/α-hetero) is 1. The van der Waals surface area contributed by atoms with Gasteiger partial charge in [0.15, 0.2) is 5.78 Å². The molecule has 2 aliphatic heterocycles. The molecule has 2 fully saturated rings. The molecular weight excluding hydrogens is 494 g/mol. The molecular formula is C31H41N3O5. The molecule has 2 saturated heterocycles. The number of imide groups is 1. The highest BCUT2D eigenvalue weighted by atomic mass is 16.5.